The van der Waals surface area contributed by atoms with Crippen LogP contribution in [-0.2, 0) is 6.54 Å². The standard InChI is InChI=1S/C18H28BrN3O2/c1-21-6-8-22(9-7-21)5-2-4-20-14-15-12-16(19)18-17(13-15)23-10-3-11-24-18/h12-13,20H,2-11,14H2,1H3. The maximum atomic E-state index is 5.79. The second-order valence-electron chi connectivity index (χ2n) is 6.63. The molecular weight excluding hydrogens is 370 g/mol. The van der Waals surface area contributed by atoms with E-state index in [9.17, 15) is 0 Å². The molecule has 1 aromatic carbocycles. The van der Waals surface area contributed by atoms with Crippen molar-refractivity contribution in [3.8, 4) is 11.5 Å². The molecule has 2 aliphatic heterocycles. The highest BCUT2D eigenvalue weighted by atomic mass is 79.9. The van der Waals surface area contributed by atoms with E-state index in [1.165, 1.54) is 44.7 Å². The van der Waals surface area contributed by atoms with Crippen molar-refractivity contribution in [1.82, 2.24) is 15.1 Å². The van der Waals surface area contributed by atoms with Gasteiger partial charge in [-0.3, -0.25) is 0 Å². The molecule has 0 spiro atoms. The number of hydrogen-bond donors (Lipinski definition) is 1. The number of benzene rings is 1. The highest BCUT2D eigenvalue weighted by molar-refractivity contribution is 9.10. The van der Waals surface area contributed by atoms with Gasteiger partial charge in [-0.05, 0) is 60.2 Å². The van der Waals surface area contributed by atoms with Crippen molar-refractivity contribution in [1.29, 1.82) is 0 Å². The molecule has 1 fully saturated rings. The van der Waals surface area contributed by atoms with Gasteiger partial charge in [-0.1, -0.05) is 0 Å². The monoisotopic (exact) mass is 397 g/mol. The van der Waals surface area contributed by atoms with Gasteiger partial charge >= 0.3 is 0 Å². The van der Waals surface area contributed by atoms with Gasteiger partial charge < -0.3 is 24.6 Å². The van der Waals surface area contributed by atoms with E-state index in [0.717, 1.165) is 48.7 Å². The van der Waals surface area contributed by atoms with Gasteiger partial charge in [-0.2, -0.15) is 0 Å². The first-order valence-corrected chi connectivity index (χ1v) is 9.71. The number of likely N-dealkylation sites (N-methyl/N-ethyl adjacent to an activating group) is 1. The summed E-state index contributed by atoms with van der Waals surface area (Å²) in [5.41, 5.74) is 1.23. The van der Waals surface area contributed by atoms with Crippen LogP contribution in [0.4, 0.5) is 0 Å². The average molecular weight is 398 g/mol. The maximum absolute atomic E-state index is 5.79. The molecule has 0 bridgehead atoms. The van der Waals surface area contributed by atoms with E-state index in [-0.39, 0.29) is 0 Å². The second kappa shape index (κ2) is 9.04. The van der Waals surface area contributed by atoms with Crippen LogP contribution in [0.2, 0.25) is 0 Å². The van der Waals surface area contributed by atoms with Crippen LogP contribution in [0.15, 0.2) is 16.6 Å². The second-order valence-corrected chi connectivity index (χ2v) is 7.48. The van der Waals surface area contributed by atoms with Crippen molar-refractivity contribution >= 4 is 15.9 Å². The lowest BCUT2D eigenvalue weighted by molar-refractivity contribution is 0.153. The van der Waals surface area contributed by atoms with E-state index in [1.54, 1.807) is 0 Å². The van der Waals surface area contributed by atoms with Gasteiger partial charge in [0.15, 0.2) is 11.5 Å². The molecule has 1 saturated heterocycles. The van der Waals surface area contributed by atoms with Crippen LogP contribution < -0.4 is 14.8 Å². The summed E-state index contributed by atoms with van der Waals surface area (Å²) in [6.45, 7) is 9.31. The Kier molecular flexibility index (Phi) is 6.77. The highest BCUT2D eigenvalue weighted by Gasteiger charge is 2.15. The summed E-state index contributed by atoms with van der Waals surface area (Å²) >= 11 is 3.60. The summed E-state index contributed by atoms with van der Waals surface area (Å²) in [6, 6.07) is 4.22. The lowest BCUT2D eigenvalue weighted by Gasteiger charge is -2.32. The number of rotatable bonds is 6. The molecule has 0 radical (unpaired) electrons. The molecule has 24 heavy (non-hydrogen) atoms. The molecule has 1 N–H and O–H groups in total. The molecule has 0 aliphatic carbocycles. The number of fused-ring (bicyclic) bond motifs is 1. The van der Waals surface area contributed by atoms with Gasteiger partial charge in [0.2, 0.25) is 0 Å². The Balaban J connectivity index is 1.40. The Labute approximate surface area is 153 Å². The fourth-order valence-electron chi connectivity index (χ4n) is 3.12. The van der Waals surface area contributed by atoms with Gasteiger partial charge in [-0.25, -0.2) is 0 Å². The van der Waals surface area contributed by atoms with Crippen LogP contribution >= 0.6 is 15.9 Å². The van der Waals surface area contributed by atoms with E-state index >= 15 is 0 Å². The summed E-state index contributed by atoms with van der Waals surface area (Å²) in [4.78, 5) is 4.96. The quantitative estimate of drug-likeness (QED) is 0.745. The smallest absolute Gasteiger partial charge is 0.175 e. The van der Waals surface area contributed by atoms with Crippen molar-refractivity contribution in [3.05, 3.63) is 22.2 Å². The summed E-state index contributed by atoms with van der Waals surface area (Å²) in [5, 5.41) is 3.55. The molecule has 6 heteroatoms. The SMILES string of the molecule is CN1CCN(CCCNCc2cc(Br)c3c(c2)OCCCO3)CC1. The van der Waals surface area contributed by atoms with Crippen molar-refractivity contribution in [2.24, 2.45) is 0 Å². The minimum Gasteiger partial charge on any atom is -0.490 e. The normalized spacial score (nSPS) is 19.2. The fraction of sp³-hybridized carbons (Fsp3) is 0.667. The van der Waals surface area contributed by atoms with Crippen molar-refractivity contribution < 1.29 is 9.47 Å². The Morgan fingerprint density at radius 2 is 1.92 bits per heavy atom. The van der Waals surface area contributed by atoms with Crippen LogP contribution in [-0.4, -0.2) is 69.3 Å². The van der Waals surface area contributed by atoms with E-state index in [2.05, 4.69) is 50.2 Å². The minimum atomic E-state index is 0.718. The molecule has 134 valence electrons. The zero-order valence-corrected chi connectivity index (χ0v) is 16.1. The summed E-state index contributed by atoms with van der Waals surface area (Å²) in [7, 11) is 2.20. The molecule has 2 heterocycles. The van der Waals surface area contributed by atoms with Crippen molar-refractivity contribution in [2.45, 2.75) is 19.4 Å². The summed E-state index contributed by atoms with van der Waals surface area (Å²) in [5.74, 6) is 1.70. The van der Waals surface area contributed by atoms with Gasteiger partial charge in [0.1, 0.15) is 0 Å². The number of halogens is 1. The third kappa shape index (κ3) is 5.09. The molecule has 0 unspecified atom stereocenters. The number of nitrogens with zero attached hydrogens (tertiary/aromatic N) is 2. The van der Waals surface area contributed by atoms with Gasteiger partial charge in [0.05, 0.1) is 17.7 Å². The zero-order valence-electron chi connectivity index (χ0n) is 14.5. The molecule has 5 nitrogen and oxygen atoms in total. The number of piperazine rings is 1. The van der Waals surface area contributed by atoms with Crippen LogP contribution in [0.5, 0.6) is 11.5 Å². The lowest BCUT2D eigenvalue weighted by atomic mass is 10.2. The van der Waals surface area contributed by atoms with Crippen LogP contribution in [0.25, 0.3) is 0 Å². The Bertz CT molecular complexity index is 533. The molecule has 1 aromatic rings. The molecule has 0 amide bonds. The average Bonchev–Trinajstić information content (AvgIpc) is 2.82. The lowest BCUT2D eigenvalue weighted by Crippen LogP contribution is -2.45. The van der Waals surface area contributed by atoms with Gasteiger partial charge in [0.25, 0.3) is 0 Å². The van der Waals surface area contributed by atoms with Crippen molar-refractivity contribution in [2.75, 3.05) is 59.5 Å². The fourth-order valence-corrected chi connectivity index (χ4v) is 3.72. The largest absolute Gasteiger partial charge is 0.490 e. The molecular formula is C18H28BrN3O2. The number of hydrogen-bond acceptors (Lipinski definition) is 5. The van der Waals surface area contributed by atoms with Crippen LogP contribution in [0.1, 0.15) is 18.4 Å². The predicted octanol–water partition coefficient (Wildman–Crippen LogP) is 2.34. The zero-order chi connectivity index (χ0) is 16.8. The molecule has 0 atom stereocenters. The summed E-state index contributed by atoms with van der Waals surface area (Å²) in [6.07, 6.45) is 2.12. The van der Waals surface area contributed by atoms with Gasteiger partial charge in [0, 0.05) is 39.1 Å². The molecule has 0 aromatic heterocycles. The van der Waals surface area contributed by atoms with E-state index in [1.807, 2.05) is 0 Å². The summed E-state index contributed by atoms with van der Waals surface area (Å²) < 4.78 is 12.5. The highest BCUT2D eigenvalue weighted by Crippen LogP contribution is 2.38. The Hall–Kier alpha value is -0.820. The molecule has 0 saturated carbocycles. The van der Waals surface area contributed by atoms with Crippen molar-refractivity contribution in [3.63, 3.8) is 0 Å². The maximum Gasteiger partial charge on any atom is 0.175 e. The number of nitrogens with one attached hydrogen (secondary N) is 1. The van der Waals surface area contributed by atoms with E-state index in [4.69, 9.17) is 9.47 Å². The topological polar surface area (TPSA) is 37.0 Å². The minimum absolute atomic E-state index is 0.718. The van der Waals surface area contributed by atoms with Gasteiger partial charge in [-0.15, -0.1) is 0 Å². The van der Waals surface area contributed by atoms with Crippen LogP contribution in [0.3, 0.4) is 0 Å². The Morgan fingerprint density at radius 1 is 1.12 bits per heavy atom. The number of ether oxygens (including phenoxy) is 2. The Morgan fingerprint density at radius 3 is 2.75 bits per heavy atom. The third-order valence-corrected chi connectivity index (χ3v) is 5.20. The first kappa shape index (κ1) is 18.0. The first-order chi connectivity index (χ1) is 11.7. The van der Waals surface area contributed by atoms with E-state index < -0.39 is 0 Å². The first-order valence-electron chi connectivity index (χ1n) is 8.92. The van der Waals surface area contributed by atoms with Crippen LogP contribution in [0, 0.1) is 0 Å². The molecule has 3 rings (SSSR count). The third-order valence-electron chi connectivity index (χ3n) is 4.61. The van der Waals surface area contributed by atoms with E-state index in [0.29, 0.717) is 0 Å². The predicted molar refractivity (Wildman–Crippen MR) is 100 cm³/mol. The molecule has 2 aliphatic rings.